The van der Waals surface area contributed by atoms with Crippen molar-refractivity contribution < 1.29 is 9.53 Å². The van der Waals surface area contributed by atoms with Gasteiger partial charge in [-0.15, -0.1) is 0 Å². The number of hydrogen-bond acceptors (Lipinski definition) is 3. The first-order chi connectivity index (χ1) is 10.2. The van der Waals surface area contributed by atoms with Crippen LogP contribution in [0.1, 0.15) is 35.3 Å². The zero-order chi connectivity index (χ0) is 15.2. The van der Waals surface area contributed by atoms with Crippen LogP contribution in [0.3, 0.4) is 0 Å². The SMILES string of the molecule is CC[C@H](NC(=O)c1cc(OC)ccc1N)c1ccccc1. The summed E-state index contributed by atoms with van der Waals surface area (Å²) in [6, 6.07) is 14.9. The molecule has 0 fully saturated rings. The van der Waals surface area contributed by atoms with E-state index in [0.29, 0.717) is 17.0 Å². The van der Waals surface area contributed by atoms with Gasteiger partial charge in [0.2, 0.25) is 0 Å². The summed E-state index contributed by atoms with van der Waals surface area (Å²) in [5.41, 5.74) is 7.84. The minimum Gasteiger partial charge on any atom is -0.497 e. The van der Waals surface area contributed by atoms with E-state index in [9.17, 15) is 4.79 Å². The van der Waals surface area contributed by atoms with Crippen molar-refractivity contribution >= 4 is 11.6 Å². The third-order valence-electron chi connectivity index (χ3n) is 3.42. The standard InChI is InChI=1S/C17H20N2O2/c1-3-16(12-7-5-4-6-8-12)19-17(20)14-11-13(21-2)9-10-15(14)18/h4-11,16H,3,18H2,1-2H3,(H,19,20)/t16-/m0/s1. The number of nitrogens with two attached hydrogens (primary N) is 1. The fraction of sp³-hybridized carbons (Fsp3) is 0.235. The molecule has 0 heterocycles. The zero-order valence-corrected chi connectivity index (χ0v) is 12.3. The molecule has 4 heteroatoms. The number of ether oxygens (including phenoxy) is 1. The molecular formula is C17H20N2O2. The van der Waals surface area contributed by atoms with Gasteiger partial charge in [0, 0.05) is 5.69 Å². The van der Waals surface area contributed by atoms with E-state index in [1.807, 2.05) is 37.3 Å². The number of benzene rings is 2. The van der Waals surface area contributed by atoms with Crippen LogP contribution < -0.4 is 15.8 Å². The average molecular weight is 284 g/mol. The summed E-state index contributed by atoms with van der Waals surface area (Å²) >= 11 is 0. The highest BCUT2D eigenvalue weighted by Gasteiger charge is 2.16. The summed E-state index contributed by atoms with van der Waals surface area (Å²) in [6.45, 7) is 2.03. The number of anilines is 1. The van der Waals surface area contributed by atoms with Gasteiger partial charge in [-0.25, -0.2) is 0 Å². The quantitative estimate of drug-likeness (QED) is 0.829. The van der Waals surface area contributed by atoms with Gasteiger partial charge in [-0.3, -0.25) is 4.79 Å². The topological polar surface area (TPSA) is 64.3 Å². The summed E-state index contributed by atoms with van der Waals surface area (Å²) in [7, 11) is 1.56. The Morgan fingerprint density at radius 3 is 2.57 bits per heavy atom. The zero-order valence-electron chi connectivity index (χ0n) is 12.3. The molecule has 0 radical (unpaired) electrons. The normalized spacial score (nSPS) is 11.7. The maximum atomic E-state index is 12.4. The number of carbonyl (C=O) groups excluding carboxylic acids is 1. The number of nitrogens with one attached hydrogen (secondary N) is 1. The Labute approximate surface area is 124 Å². The molecule has 3 N–H and O–H groups in total. The third-order valence-corrected chi connectivity index (χ3v) is 3.42. The first-order valence-corrected chi connectivity index (χ1v) is 6.95. The lowest BCUT2D eigenvalue weighted by molar-refractivity contribution is 0.0936. The maximum Gasteiger partial charge on any atom is 0.253 e. The molecule has 1 amide bonds. The van der Waals surface area contributed by atoms with Crippen molar-refractivity contribution in [3.8, 4) is 5.75 Å². The van der Waals surface area contributed by atoms with Crippen molar-refractivity contribution in [2.75, 3.05) is 12.8 Å². The first-order valence-electron chi connectivity index (χ1n) is 6.95. The van der Waals surface area contributed by atoms with Crippen LogP contribution >= 0.6 is 0 Å². The van der Waals surface area contributed by atoms with Gasteiger partial charge in [0.1, 0.15) is 5.75 Å². The Kier molecular flexibility index (Phi) is 4.82. The number of carbonyl (C=O) groups is 1. The Morgan fingerprint density at radius 2 is 1.95 bits per heavy atom. The fourth-order valence-electron chi connectivity index (χ4n) is 2.20. The molecule has 1 atom stereocenters. The monoisotopic (exact) mass is 284 g/mol. The summed E-state index contributed by atoms with van der Waals surface area (Å²) in [4.78, 5) is 12.4. The van der Waals surface area contributed by atoms with Crippen molar-refractivity contribution in [1.82, 2.24) is 5.32 Å². The maximum absolute atomic E-state index is 12.4. The van der Waals surface area contributed by atoms with Gasteiger partial charge >= 0.3 is 0 Å². The van der Waals surface area contributed by atoms with Gasteiger partial charge in [-0.05, 0) is 30.2 Å². The van der Waals surface area contributed by atoms with Crippen LogP contribution in [-0.4, -0.2) is 13.0 Å². The highest BCUT2D eigenvalue weighted by atomic mass is 16.5. The second kappa shape index (κ2) is 6.79. The molecule has 0 aromatic heterocycles. The number of hydrogen-bond donors (Lipinski definition) is 2. The second-order valence-corrected chi connectivity index (χ2v) is 4.80. The highest BCUT2D eigenvalue weighted by molar-refractivity contribution is 5.99. The predicted octanol–water partition coefficient (Wildman–Crippen LogP) is 3.16. The van der Waals surface area contributed by atoms with Crippen molar-refractivity contribution in [3.05, 3.63) is 59.7 Å². The molecule has 0 saturated carbocycles. The molecule has 0 spiro atoms. The lowest BCUT2D eigenvalue weighted by Crippen LogP contribution is -2.28. The van der Waals surface area contributed by atoms with Gasteiger partial charge in [0.05, 0.1) is 18.7 Å². The average Bonchev–Trinajstić information content (AvgIpc) is 2.53. The summed E-state index contributed by atoms with van der Waals surface area (Å²) in [6.07, 6.45) is 0.805. The largest absolute Gasteiger partial charge is 0.497 e. The molecule has 2 aromatic carbocycles. The van der Waals surface area contributed by atoms with Gasteiger partial charge < -0.3 is 15.8 Å². The van der Waals surface area contributed by atoms with Crippen LogP contribution in [0, 0.1) is 0 Å². The van der Waals surface area contributed by atoms with Crippen LogP contribution in [0.4, 0.5) is 5.69 Å². The van der Waals surface area contributed by atoms with Gasteiger partial charge in [-0.2, -0.15) is 0 Å². The Balaban J connectivity index is 2.20. The van der Waals surface area contributed by atoms with Crippen LogP contribution in [0.15, 0.2) is 48.5 Å². The molecule has 0 aliphatic heterocycles. The molecule has 0 saturated heterocycles. The number of nitrogen functional groups attached to an aromatic ring is 1. The fourth-order valence-corrected chi connectivity index (χ4v) is 2.20. The van der Waals surface area contributed by atoms with Crippen LogP contribution in [0.5, 0.6) is 5.75 Å². The van der Waals surface area contributed by atoms with Crippen molar-refractivity contribution in [2.45, 2.75) is 19.4 Å². The van der Waals surface area contributed by atoms with Crippen molar-refractivity contribution in [3.63, 3.8) is 0 Å². The Bertz CT molecular complexity index is 611. The molecule has 0 unspecified atom stereocenters. The predicted molar refractivity (Wildman–Crippen MR) is 84.3 cm³/mol. The summed E-state index contributed by atoms with van der Waals surface area (Å²) in [5.74, 6) is 0.421. The molecule has 2 aromatic rings. The van der Waals surface area contributed by atoms with Crippen LogP contribution in [-0.2, 0) is 0 Å². The van der Waals surface area contributed by atoms with E-state index < -0.39 is 0 Å². The van der Waals surface area contributed by atoms with Crippen molar-refractivity contribution in [1.29, 1.82) is 0 Å². The van der Waals surface area contributed by atoms with E-state index in [1.165, 1.54) is 0 Å². The van der Waals surface area contributed by atoms with Crippen LogP contribution in [0.25, 0.3) is 0 Å². The smallest absolute Gasteiger partial charge is 0.253 e. The Hall–Kier alpha value is -2.49. The first kappa shape index (κ1) is 14.9. The Morgan fingerprint density at radius 1 is 1.24 bits per heavy atom. The summed E-state index contributed by atoms with van der Waals surface area (Å²) < 4.78 is 5.14. The lowest BCUT2D eigenvalue weighted by atomic mass is 10.0. The molecule has 21 heavy (non-hydrogen) atoms. The molecule has 4 nitrogen and oxygen atoms in total. The van der Waals surface area contributed by atoms with E-state index in [-0.39, 0.29) is 11.9 Å². The van der Waals surface area contributed by atoms with E-state index in [0.717, 1.165) is 12.0 Å². The molecule has 0 bridgehead atoms. The van der Waals surface area contributed by atoms with Gasteiger partial charge in [0.15, 0.2) is 0 Å². The van der Waals surface area contributed by atoms with E-state index in [2.05, 4.69) is 5.32 Å². The summed E-state index contributed by atoms with van der Waals surface area (Å²) in [5, 5.41) is 3.02. The highest BCUT2D eigenvalue weighted by Crippen LogP contribution is 2.22. The number of rotatable bonds is 5. The second-order valence-electron chi connectivity index (χ2n) is 4.80. The van der Waals surface area contributed by atoms with E-state index in [1.54, 1.807) is 25.3 Å². The van der Waals surface area contributed by atoms with E-state index >= 15 is 0 Å². The minimum atomic E-state index is -0.192. The van der Waals surface area contributed by atoms with Crippen molar-refractivity contribution in [2.24, 2.45) is 0 Å². The molecule has 2 rings (SSSR count). The van der Waals surface area contributed by atoms with E-state index in [4.69, 9.17) is 10.5 Å². The molecular weight excluding hydrogens is 264 g/mol. The lowest BCUT2D eigenvalue weighted by Gasteiger charge is -2.18. The molecule has 0 aliphatic carbocycles. The molecule has 0 aliphatic rings. The van der Waals surface area contributed by atoms with Gasteiger partial charge in [-0.1, -0.05) is 37.3 Å². The third kappa shape index (κ3) is 3.54. The van der Waals surface area contributed by atoms with Gasteiger partial charge in [0.25, 0.3) is 5.91 Å². The molecule has 110 valence electrons. The van der Waals surface area contributed by atoms with Crippen LogP contribution in [0.2, 0.25) is 0 Å². The number of methoxy groups -OCH3 is 1. The number of amides is 1. The minimum absolute atomic E-state index is 0.0377.